The summed E-state index contributed by atoms with van der Waals surface area (Å²) in [7, 11) is 0. The number of fused-ring (bicyclic) bond motifs is 1. The fraction of sp³-hybridized carbons (Fsp3) is 0.308. The molecule has 0 aliphatic rings. The molecule has 0 saturated heterocycles. The van der Waals surface area contributed by atoms with Gasteiger partial charge < -0.3 is 11.1 Å². The summed E-state index contributed by atoms with van der Waals surface area (Å²) in [6, 6.07) is 8.32. The second kappa shape index (κ2) is 4.94. The van der Waals surface area contributed by atoms with Crippen LogP contribution in [-0.2, 0) is 0 Å². The quantitative estimate of drug-likeness (QED) is 0.769. The summed E-state index contributed by atoms with van der Waals surface area (Å²) in [6.07, 6.45) is 2.87. The van der Waals surface area contributed by atoms with Crippen molar-refractivity contribution in [2.24, 2.45) is 5.73 Å². The van der Waals surface area contributed by atoms with E-state index in [0.717, 1.165) is 18.8 Å². The van der Waals surface area contributed by atoms with Crippen LogP contribution in [0, 0.1) is 6.92 Å². The number of aryl methyl sites for hydroxylation is 1. The normalized spacial score (nSPS) is 10.6. The van der Waals surface area contributed by atoms with E-state index in [1.807, 2.05) is 12.3 Å². The Kier molecular flexibility index (Phi) is 3.37. The summed E-state index contributed by atoms with van der Waals surface area (Å²) < 4.78 is 0. The SMILES string of the molecule is Cc1cnc(NCCCN)c2ccccc12. The molecule has 1 heterocycles. The van der Waals surface area contributed by atoms with Gasteiger partial charge in [-0.05, 0) is 30.8 Å². The van der Waals surface area contributed by atoms with Gasteiger partial charge in [0.2, 0.25) is 0 Å². The lowest BCUT2D eigenvalue weighted by Gasteiger charge is -2.09. The van der Waals surface area contributed by atoms with Crippen LogP contribution in [0.25, 0.3) is 10.8 Å². The van der Waals surface area contributed by atoms with Crippen molar-refractivity contribution < 1.29 is 0 Å². The van der Waals surface area contributed by atoms with Gasteiger partial charge >= 0.3 is 0 Å². The predicted octanol–water partition coefficient (Wildman–Crippen LogP) is 2.30. The number of anilines is 1. The molecule has 3 N–H and O–H groups in total. The van der Waals surface area contributed by atoms with Gasteiger partial charge in [-0.1, -0.05) is 24.3 Å². The van der Waals surface area contributed by atoms with E-state index in [-0.39, 0.29) is 0 Å². The molecule has 16 heavy (non-hydrogen) atoms. The van der Waals surface area contributed by atoms with Gasteiger partial charge in [-0.2, -0.15) is 0 Å². The lowest BCUT2D eigenvalue weighted by Crippen LogP contribution is -2.09. The van der Waals surface area contributed by atoms with Crippen LogP contribution in [-0.4, -0.2) is 18.1 Å². The Bertz CT molecular complexity index is 480. The van der Waals surface area contributed by atoms with E-state index in [0.29, 0.717) is 6.54 Å². The fourth-order valence-corrected chi connectivity index (χ4v) is 1.78. The molecular formula is C13H17N3. The van der Waals surface area contributed by atoms with Gasteiger partial charge in [0, 0.05) is 18.1 Å². The Morgan fingerprint density at radius 3 is 2.75 bits per heavy atom. The average molecular weight is 215 g/mol. The topological polar surface area (TPSA) is 50.9 Å². The van der Waals surface area contributed by atoms with E-state index in [9.17, 15) is 0 Å². The standard InChI is InChI=1S/C13H17N3/c1-10-9-16-13(15-8-4-7-14)12-6-3-2-5-11(10)12/h2-3,5-6,9H,4,7-8,14H2,1H3,(H,15,16). The van der Waals surface area contributed by atoms with Crippen LogP contribution >= 0.6 is 0 Å². The number of hydrogen-bond donors (Lipinski definition) is 2. The first-order valence-electron chi connectivity index (χ1n) is 5.61. The fourth-order valence-electron chi connectivity index (χ4n) is 1.78. The van der Waals surface area contributed by atoms with E-state index in [2.05, 4.69) is 35.4 Å². The van der Waals surface area contributed by atoms with Crippen LogP contribution in [0.1, 0.15) is 12.0 Å². The van der Waals surface area contributed by atoms with Gasteiger partial charge in [0.25, 0.3) is 0 Å². The zero-order valence-corrected chi connectivity index (χ0v) is 9.53. The largest absolute Gasteiger partial charge is 0.370 e. The zero-order chi connectivity index (χ0) is 11.4. The number of nitrogens with two attached hydrogens (primary N) is 1. The van der Waals surface area contributed by atoms with Crippen LogP contribution in [0.5, 0.6) is 0 Å². The number of rotatable bonds is 4. The second-order valence-electron chi connectivity index (χ2n) is 3.90. The Morgan fingerprint density at radius 1 is 1.25 bits per heavy atom. The third-order valence-electron chi connectivity index (χ3n) is 2.67. The molecule has 0 spiro atoms. The van der Waals surface area contributed by atoms with Crippen molar-refractivity contribution in [1.82, 2.24) is 4.98 Å². The Hall–Kier alpha value is -1.61. The highest BCUT2D eigenvalue weighted by Gasteiger charge is 2.03. The van der Waals surface area contributed by atoms with Gasteiger partial charge in [-0.25, -0.2) is 4.98 Å². The van der Waals surface area contributed by atoms with E-state index in [1.54, 1.807) is 0 Å². The second-order valence-corrected chi connectivity index (χ2v) is 3.90. The van der Waals surface area contributed by atoms with E-state index in [1.165, 1.54) is 16.3 Å². The predicted molar refractivity (Wildman–Crippen MR) is 68.6 cm³/mol. The van der Waals surface area contributed by atoms with Crippen LogP contribution in [0.4, 0.5) is 5.82 Å². The molecule has 3 heteroatoms. The van der Waals surface area contributed by atoms with Gasteiger partial charge in [-0.3, -0.25) is 0 Å². The first-order valence-corrected chi connectivity index (χ1v) is 5.61. The summed E-state index contributed by atoms with van der Waals surface area (Å²) in [6.45, 7) is 3.66. The molecule has 2 rings (SSSR count). The molecule has 0 aliphatic carbocycles. The summed E-state index contributed by atoms with van der Waals surface area (Å²) in [5.41, 5.74) is 6.68. The van der Waals surface area contributed by atoms with Crippen LogP contribution in [0.3, 0.4) is 0 Å². The molecule has 0 fully saturated rings. The minimum absolute atomic E-state index is 0.705. The number of aromatic nitrogens is 1. The molecule has 0 unspecified atom stereocenters. The molecule has 0 amide bonds. The van der Waals surface area contributed by atoms with Crippen molar-refractivity contribution >= 4 is 16.6 Å². The molecule has 0 bridgehead atoms. The third-order valence-corrected chi connectivity index (χ3v) is 2.67. The maximum Gasteiger partial charge on any atom is 0.133 e. The maximum absolute atomic E-state index is 5.47. The number of benzene rings is 1. The maximum atomic E-state index is 5.47. The number of pyridine rings is 1. The van der Waals surface area contributed by atoms with E-state index in [4.69, 9.17) is 5.73 Å². The molecule has 1 aromatic carbocycles. The van der Waals surface area contributed by atoms with Gasteiger partial charge in [0.15, 0.2) is 0 Å². The Morgan fingerprint density at radius 2 is 2.00 bits per heavy atom. The molecule has 0 atom stereocenters. The first kappa shape index (κ1) is 10.9. The Labute approximate surface area is 95.7 Å². The molecular weight excluding hydrogens is 198 g/mol. The molecule has 0 radical (unpaired) electrons. The van der Waals surface area contributed by atoms with Crippen LogP contribution in [0.15, 0.2) is 30.5 Å². The number of nitrogens with zero attached hydrogens (tertiary/aromatic N) is 1. The molecule has 84 valence electrons. The monoisotopic (exact) mass is 215 g/mol. The lowest BCUT2D eigenvalue weighted by atomic mass is 10.1. The van der Waals surface area contributed by atoms with Gasteiger partial charge in [0.1, 0.15) is 5.82 Å². The number of nitrogens with one attached hydrogen (secondary N) is 1. The van der Waals surface area contributed by atoms with E-state index >= 15 is 0 Å². The molecule has 0 saturated carbocycles. The van der Waals surface area contributed by atoms with Crippen molar-refractivity contribution in [3.05, 3.63) is 36.0 Å². The molecule has 0 aliphatic heterocycles. The van der Waals surface area contributed by atoms with Crippen molar-refractivity contribution in [2.45, 2.75) is 13.3 Å². The summed E-state index contributed by atoms with van der Waals surface area (Å²) in [5.74, 6) is 0.953. The average Bonchev–Trinajstić information content (AvgIpc) is 2.33. The van der Waals surface area contributed by atoms with Crippen molar-refractivity contribution in [3.8, 4) is 0 Å². The summed E-state index contributed by atoms with van der Waals surface area (Å²) >= 11 is 0. The Balaban J connectivity index is 2.35. The van der Waals surface area contributed by atoms with Crippen molar-refractivity contribution in [3.63, 3.8) is 0 Å². The smallest absolute Gasteiger partial charge is 0.133 e. The molecule has 1 aromatic heterocycles. The minimum Gasteiger partial charge on any atom is -0.370 e. The number of hydrogen-bond acceptors (Lipinski definition) is 3. The van der Waals surface area contributed by atoms with Crippen molar-refractivity contribution in [2.75, 3.05) is 18.4 Å². The summed E-state index contributed by atoms with van der Waals surface area (Å²) in [5, 5.41) is 5.76. The van der Waals surface area contributed by atoms with Crippen LogP contribution < -0.4 is 11.1 Å². The highest BCUT2D eigenvalue weighted by Crippen LogP contribution is 2.23. The van der Waals surface area contributed by atoms with Gasteiger partial charge in [0.05, 0.1) is 0 Å². The summed E-state index contributed by atoms with van der Waals surface area (Å²) in [4.78, 5) is 4.43. The highest BCUT2D eigenvalue weighted by atomic mass is 15.0. The first-order chi connectivity index (χ1) is 7.83. The third kappa shape index (κ3) is 2.14. The lowest BCUT2D eigenvalue weighted by molar-refractivity contribution is 0.871. The van der Waals surface area contributed by atoms with Crippen LogP contribution in [0.2, 0.25) is 0 Å². The minimum atomic E-state index is 0.705. The zero-order valence-electron chi connectivity index (χ0n) is 9.53. The van der Waals surface area contributed by atoms with Crippen molar-refractivity contribution in [1.29, 1.82) is 0 Å². The highest BCUT2D eigenvalue weighted by molar-refractivity contribution is 5.93. The van der Waals surface area contributed by atoms with E-state index < -0.39 is 0 Å². The molecule has 2 aromatic rings. The van der Waals surface area contributed by atoms with Gasteiger partial charge in [-0.15, -0.1) is 0 Å². The molecule has 3 nitrogen and oxygen atoms in total.